The lowest BCUT2D eigenvalue weighted by molar-refractivity contribution is 0.598. The summed E-state index contributed by atoms with van der Waals surface area (Å²) >= 11 is 5.61. The molecule has 1 aliphatic rings. The summed E-state index contributed by atoms with van der Waals surface area (Å²) in [6, 6.07) is 4.92. The standard InChI is InChI=1S/C10H7ClN4O2S/c11-10-13-8-2-1-7(15-4-3-12-6-15)5-9(8)18(16,17)14-10/h1-6H,(H,13,14). The van der Waals surface area contributed by atoms with Crippen molar-refractivity contribution in [3.8, 4) is 5.69 Å². The number of halogens is 1. The number of nitrogens with zero attached hydrogens (tertiary/aromatic N) is 3. The molecule has 0 unspecified atom stereocenters. The maximum atomic E-state index is 11.9. The van der Waals surface area contributed by atoms with Crippen molar-refractivity contribution in [2.24, 2.45) is 4.40 Å². The van der Waals surface area contributed by atoms with Gasteiger partial charge in [-0.25, -0.2) is 4.98 Å². The molecular weight excluding hydrogens is 276 g/mol. The number of aromatic nitrogens is 2. The first-order chi connectivity index (χ1) is 8.56. The van der Waals surface area contributed by atoms with Crippen molar-refractivity contribution in [2.75, 3.05) is 5.32 Å². The van der Waals surface area contributed by atoms with Gasteiger partial charge in [0.2, 0.25) is 5.29 Å². The maximum absolute atomic E-state index is 11.9. The Labute approximate surface area is 108 Å². The molecule has 1 N–H and O–H groups in total. The third-order valence-corrected chi connectivity index (χ3v) is 4.08. The van der Waals surface area contributed by atoms with Crippen LogP contribution in [0.5, 0.6) is 0 Å². The van der Waals surface area contributed by atoms with E-state index >= 15 is 0 Å². The number of nitrogens with one attached hydrogen (secondary N) is 1. The van der Waals surface area contributed by atoms with Crippen molar-refractivity contribution >= 4 is 32.6 Å². The van der Waals surface area contributed by atoms with Gasteiger partial charge >= 0.3 is 0 Å². The van der Waals surface area contributed by atoms with Crippen LogP contribution in [0.2, 0.25) is 0 Å². The molecule has 6 nitrogen and oxygen atoms in total. The minimum Gasteiger partial charge on any atom is -0.329 e. The molecule has 18 heavy (non-hydrogen) atoms. The van der Waals surface area contributed by atoms with Crippen LogP contribution in [0, 0.1) is 0 Å². The van der Waals surface area contributed by atoms with E-state index in [4.69, 9.17) is 11.6 Å². The molecule has 3 rings (SSSR count). The monoisotopic (exact) mass is 282 g/mol. The fourth-order valence-corrected chi connectivity index (χ4v) is 3.08. The lowest BCUT2D eigenvalue weighted by atomic mass is 10.2. The smallest absolute Gasteiger partial charge is 0.287 e. The summed E-state index contributed by atoms with van der Waals surface area (Å²) in [5.74, 6) is 0. The highest BCUT2D eigenvalue weighted by molar-refractivity contribution is 7.90. The van der Waals surface area contributed by atoms with Gasteiger partial charge in [-0.2, -0.15) is 8.42 Å². The van der Waals surface area contributed by atoms with Gasteiger partial charge in [-0.3, -0.25) is 0 Å². The molecule has 2 aromatic rings. The number of rotatable bonds is 1. The molecule has 1 aromatic carbocycles. The molecule has 0 saturated heterocycles. The number of anilines is 1. The Kier molecular flexibility index (Phi) is 2.39. The molecule has 0 radical (unpaired) electrons. The van der Waals surface area contributed by atoms with Crippen LogP contribution >= 0.6 is 11.6 Å². The van der Waals surface area contributed by atoms with Gasteiger partial charge in [-0.05, 0) is 29.8 Å². The quantitative estimate of drug-likeness (QED) is 0.806. The molecular formula is C10H7ClN4O2S. The zero-order valence-corrected chi connectivity index (χ0v) is 10.5. The molecule has 0 amide bonds. The van der Waals surface area contributed by atoms with Crippen LogP contribution in [-0.2, 0) is 10.0 Å². The van der Waals surface area contributed by atoms with Crippen molar-refractivity contribution in [1.29, 1.82) is 0 Å². The summed E-state index contributed by atoms with van der Waals surface area (Å²) in [7, 11) is -3.75. The summed E-state index contributed by atoms with van der Waals surface area (Å²) in [4.78, 5) is 4.00. The molecule has 0 aliphatic carbocycles. The number of benzene rings is 1. The van der Waals surface area contributed by atoms with E-state index in [0.29, 0.717) is 11.4 Å². The van der Waals surface area contributed by atoms with Gasteiger partial charge in [0.05, 0.1) is 12.0 Å². The summed E-state index contributed by atoms with van der Waals surface area (Å²) in [5.41, 5.74) is 1.10. The molecule has 0 saturated carbocycles. The Bertz CT molecular complexity index is 737. The molecule has 1 aliphatic heterocycles. The third kappa shape index (κ3) is 1.77. The van der Waals surface area contributed by atoms with Crippen LogP contribution < -0.4 is 5.32 Å². The second kappa shape index (κ2) is 3.82. The van der Waals surface area contributed by atoms with Gasteiger partial charge in [0, 0.05) is 18.1 Å². The topological polar surface area (TPSA) is 76.3 Å². The number of imidazole rings is 1. The number of hydrogen-bond acceptors (Lipinski definition) is 4. The number of sulfonamides is 1. The molecule has 0 atom stereocenters. The second-order valence-corrected chi connectivity index (χ2v) is 5.56. The zero-order chi connectivity index (χ0) is 12.8. The van der Waals surface area contributed by atoms with Crippen LogP contribution in [0.1, 0.15) is 0 Å². The molecule has 0 bridgehead atoms. The minimum atomic E-state index is -3.75. The predicted molar refractivity (Wildman–Crippen MR) is 67.7 cm³/mol. The normalized spacial score (nSPS) is 16.6. The highest BCUT2D eigenvalue weighted by atomic mass is 35.5. The van der Waals surface area contributed by atoms with E-state index in [1.54, 1.807) is 35.4 Å². The van der Waals surface area contributed by atoms with Gasteiger partial charge in [0.25, 0.3) is 10.0 Å². The number of fused-ring (bicyclic) bond motifs is 1. The van der Waals surface area contributed by atoms with E-state index in [1.165, 1.54) is 6.07 Å². The van der Waals surface area contributed by atoms with Crippen molar-refractivity contribution in [1.82, 2.24) is 9.55 Å². The van der Waals surface area contributed by atoms with E-state index in [9.17, 15) is 8.42 Å². The summed E-state index contributed by atoms with van der Waals surface area (Å²) in [6.07, 6.45) is 4.92. The first-order valence-corrected chi connectivity index (χ1v) is 6.78. The van der Waals surface area contributed by atoms with Gasteiger partial charge in [0.1, 0.15) is 4.90 Å². The fourth-order valence-electron chi connectivity index (χ4n) is 1.69. The Morgan fingerprint density at radius 2 is 2.17 bits per heavy atom. The largest absolute Gasteiger partial charge is 0.329 e. The molecule has 8 heteroatoms. The van der Waals surface area contributed by atoms with Crippen LogP contribution in [0.15, 0.2) is 46.2 Å². The van der Waals surface area contributed by atoms with E-state index < -0.39 is 10.0 Å². The van der Waals surface area contributed by atoms with Gasteiger partial charge in [-0.15, -0.1) is 4.40 Å². The van der Waals surface area contributed by atoms with Gasteiger partial charge in [-0.1, -0.05) is 0 Å². The second-order valence-electron chi connectivity index (χ2n) is 3.63. The average molecular weight is 283 g/mol. The lowest BCUT2D eigenvalue weighted by Crippen LogP contribution is -2.17. The number of hydrogen-bond donors (Lipinski definition) is 1. The van der Waals surface area contributed by atoms with Crippen LogP contribution in [0.3, 0.4) is 0 Å². The molecule has 1 aromatic heterocycles. The molecule has 2 heterocycles. The van der Waals surface area contributed by atoms with Crippen molar-refractivity contribution in [3.63, 3.8) is 0 Å². The van der Waals surface area contributed by atoms with Crippen LogP contribution in [0.25, 0.3) is 5.69 Å². The van der Waals surface area contributed by atoms with Crippen molar-refractivity contribution in [3.05, 3.63) is 36.9 Å². The minimum absolute atomic E-state index is 0.0955. The van der Waals surface area contributed by atoms with E-state index in [0.717, 1.165) is 0 Å². The van der Waals surface area contributed by atoms with Crippen LogP contribution in [0.4, 0.5) is 5.69 Å². The van der Waals surface area contributed by atoms with E-state index in [-0.39, 0.29) is 10.2 Å². The lowest BCUT2D eigenvalue weighted by Gasteiger charge is -2.15. The molecule has 0 fully saturated rings. The Hall–Kier alpha value is -1.86. The fraction of sp³-hybridized carbons (Fsp3) is 0. The van der Waals surface area contributed by atoms with Gasteiger partial charge < -0.3 is 9.88 Å². The van der Waals surface area contributed by atoms with Gasteiger partial charge in [0.15, 0.2) is 0 Å². The number of amidine groups is 1. The Morgan fingerprint density at radius 1 is 1.33 bits per heavy atom. The van der Waals surface area contributed by atoms with E-state index in [2.05, 4.69) is 14.7 Å². The highest BCUT2D eigenvalue weighted by Crippen LogP contribution is 2.29. The zero-order valence-electron chi connectivity index (χ0n) is 8.91. The third-order valence-electron chi connectivity index (χ3n) is 2.48. The first kappa shape index (κ1) is 11.2. The molecule has 92 valence electrons. The maximum Gasteiger partial charge on any atom is 0.287 e. The summed E-state index contributed by atoms with van der Waals surface area (Å²) in [5, 5.41) is 2.54. The Morgan fingerprint density at radius 3 is 2.89 bits per heavy atom. The molecule has 0 spiro atoms. The van der Waals surface area contributed by atoms with Crippen molar-refractivity contribution in [2.45, 2.75) is 4.90 Å². The highest BCUT2D eigenvalue weighted by Gasteiger charge is 2.24. The van der Waals surface area contributed by atoms with Crippen molar-refractivity contribution < 1.29 is 8.42 Å². The van der Waals surface area contributed by atoms with E-state index in [1.807, 2.05) is 0 Å². The average Bonchev–Trinajstić information content (AvgIpc) is 2.81. The SMILES string of the molecule is O=S1(=O)N=C(Cl)Nc2ccc(-n3ccnc3)cc21. The summed E-state index contributed by atoms with van der Waals surface area (Å²) in [6.45, 7) is 0. The first-order valence-electron chi connectivity index (χ1n) is 4.96. The van der Waals surface area contributed by atoms with Crippen LogP contribution in [-0.4, -0.2) is 23.3 Å². The predicted octanol–water partition coefficient (Wildman–Crippen LogP) is 1.58. The Balaban J connectivity index is 2.20. The summed E-state index contributed by atoms with van der Waals surface area (Å²) < 4.78 is 28.8.